The second-order valence-electron chi connectivity index (χ2n) is 5.96. The van der Waals surface area contributed by atoms with Crippen molar-refractivity contribution in [1.82, 2.24) is 14.9 Å². The maximum Gasteiger partial charge on any atom is 0.131 e. The van der Waals surface area contributed by atoms with Crippen LogP contribution in [0.25, 0.3) is 11.3 Å². The molecule has 6 heteroatoms. The molecule has 3 rings (SSSR count). The average molecular weight is 343 g/mol. The number of H-pyrrole nitrogens is 1. The van der Waals surface area contributed by atoms with Gasteiger partial charge in [-0.05, 0) is 24.7 Å². The van der Waals surface area contributed by atoms with Gasteiger partial charge < -0.3 is 10.1 Å². The van der Waals surface area contributed by atoms with Gasteiger partial charge in [0.05, 0.1) is 30.1 Å². The first-order valence-electron chi connectivity index (χ1n) is 7.94. The Kier molecular flexibility index (Phi) is 5.21. The molecule has 1 unspecified atom stereocenters. The highest BCUT2D eigenvalue weighted by Crippen LogP contribution is 2.22. The Morgan fingerprint density at radius 2 is 1.76 bits per heavy atom. The lowest BCUT2D eigenvalue weighted by molar-refractivity contribution is 0.116. The van der Waals surface area contributed by atoms with Crippen LogP contribution in [0, 0.1) is 11.6 Å². The van der Waals surface area contributed by atoms with Gasteiger partial charge in [-0.1, -0.05) is 36.4 Å². The fourth-order valence-electron chi connectivity index (χ4n) is 2.74. The van der Waals surface area contributed by atoms with Crippen LogP contribution in [0.5, 0.6) is 0 Å². The number of aromatic nitrogens is 2. The molecular formula is C19H19F2N3O. The Balaban J connectivity index is 1.65. The number of nitrogens with zero attached hydrogens (tertiary/aromatic N) is 2. The third kappa shape index (κ3) is 4.10. The summed E-state index contributed by atoms with van der Waals surface area (Å²) in [4.78, 5) is 9.29. The van der Waals surface area contributed by atoms with Crippen LogP contribution in [0.3, 0.4) is 0 Å². The molecule has 1 atom stereocenters. The maximum atomic E-state index is 13.7. The van der Waals surface area contributed by atoms with Crippen LogP contribution in [0.2, 0.25) is 0 Å². The van der Waals surface area contributed by atoms with Crippen LogP contribution in [0.15, 0.2) is 54.7 Å². The van der Waals surface area contributed by atoms with E-state index in [0.717, 1.165) is 23.4 Å². The third-order valence-electron chi connectivity index (χ3n) is 3.95. The lowest BCUT2D eigenvalue weighted by atomic mass is 10.1. The Labute approximate surface area is 144 Å². The van der Waals surface area contributed by atoms with Crippen LogP contribution in [-0.2, 0) is 6.54 Å². The van der Waals surface area contributed by atoms with Gasteiger partial charge in [0, 0.05) is 6.54 Å². The van der Waals surface area contributed by atoms with Gasteiger partial charge in [0.2, 0.25) is 0 Å². The fraction of sp³-hybridized carbons (Fsp3) is 0.211. The molecule has 4 nitrogen and oxygen atoms in total. The lowest BCUT2D eigenvalue weighted by Crippen LogP contribution is -2.25. The molecule has 0 aliphatic carbocycles. The Morgan fingerprint density at radius 1 is 1.08 bits per heavy atom. The van der Waals surface area contributed by atoms with E-state index in [0.29, 0.717) is 12.4 Å². The predicted octanol–water partition coefficient (Wildman–Crippen LogP) is 3.52. The second kappa shape index (κ2) is 7.55. The van der Waals surface area contributed by atoms with E-state index in [1.807, 2.05) is 30.3 Å². The SMILES string of the molecule is CN(Cc1ncc(-c2ccccc2)[nH]1)CC(O)c1c(F)cccc1F. The minimum absolute atomic E-state index is 0.0826. The Morgan fingerprint density at radius 3 is 2.44 bits per heavy atom. The number of hydrogen-bond acceptors (Lipinski definition) is 3. The van der Waals surface area contributed by atoms with E-state index in [4.69, 9.17) is 0 Å². The van der Waals surface area contributed by atoms with Crippen LogP contribution in [-0.4, -0.2) is 33.6 Å². The van der Waals surface area contributed by atoms with Crippen molar-refractivity contribution in [2.24, 2.45) is 0 Å². The smallest absolute Gasteiger partial charge is 0.131 e. The average Bonchev–Trinajstić information content (AvgIpc) is 3.03. The zero-order valence-electron chi connectivity index (χ0n) is 13.8. The summed E-state index contributed by atoms with van der Waals surface area (Å²) < 4.78 is 27.5. The van der Waals surface area contributed by atoms with Gasteiger partial charge >= 0.3 is 0 Å². The molecule has 1 aromatic heterocycles. The van der Waals surface area contributed by atoms with Gasteiger partial charge in [0.25, 0.3) is 0 Å². The molecule has 2 aromatic carbocycles. The van der Waals surface area contributed by atoms with Crippen molar-refractivity contribution < 1.29 is 13.9 Å². The predicted molar refractivity (Wildman–Crippen MR) is 91.7 cm³/mol. The van der Waals surface area contributed by atoms with Crippen molar-refractivity contribution in [2.45, 2.75) is 12.6 Å². The molecule has 0 radical (unpaired) electrons. The Bertz CT molecular complexity index is 815. The summed E-state index contributed by atoms with van der Waals surface area (Å²) in [6, 6.07) is 13.3. The van der Waals surface area contributed by atoms with E-state index in [-0.39, 0.29) is 12.1 Å². The van der Waals surface area contributed by atoms with E-state index < -0.39 is 17.7 Å². The third-order valence-corrected chi connectivity index (χ3v) is 3.95. The molecule has 25 heavy (non-hydrogen) atoms. The first kappa shape index (κ1) is 17.3. The number of halogens is 2. The van der Waals surface area contributed by atoms with Crippen molar-refractivity contribution in [1.29, 1.82) is 0 Å². The Hall–Kier alpha value is -2.57. The second-order valence-corrected chi connectivity index (χ2v) is 5.96. The van der Waals surface area contributed by atoms with Crippen molar-refractivity contribution in [3.05, 3.63) is 77.8 Å². The summed E-state index contributed by atoms with van der Waals surface area (Å²) in [5.41, 5.74) is 1.61. The summed E-state index contributed by atoms with van der Waals surface area (Å²) in [5, 5.41) is 10.2. The first-order chi connectivity index (χ1) is 12.0. The largest absolute Gasteiger partial charge is 0.387 e. The number of benzene rings is 2. The van der Waals surface area contributed by atoms with Crippen molar-refractivity contribution in [3.8, 4) is 11.3 Å². The summed E-state index contributed by atoms with van der Waals surface area (Å²) in [5.74, 6) is -0.780. The number of rotatable bonds is 6. The van der Waals surface area contributed by atoms with E-state index in [2.05, 4.69) is 9.97 Å². The topological polar surface area (TPSA) is 52.2 Å². The minimum Gasteiger partial charge on any atom is -0.387 e. The molecule has 130 valence electrons. The molecule has 0 bridgehead atoms. The van der Waals surface area contributed by atoms with E-state index in [1.165, 1.54) is 6.07 Å². The molecular weight excluding hydrogens is 324 g/mol. The van der Waals surface area contributed by atoms with Gasteiger partial charge in [-0.2, -0.15) is 0 Å². The van der Waals surface area contributed by atoms with E-state index in [1.54, 1.807) is 18.1 Å². The van der Waals surface area contributed by atoms with E-state index >= 15 is 0 Å². The zero-order valence-corrected chi connectivity index (χ0v) is 13.8. The van der Waals surface area contributed by atoms with Crippen LogP contribution in [0.1, 0.15) is 17.5 Å². The van der Waals surface area contributed by atoms with E-state index in [9.17, 15) is 13.9 Å². The standard InChI is InChI=1S/C19H19F2N3O/c1-24(11-17(25)19-14(20)8-5-9-15(19)21)12-18-22-10-16(23-18)13-6-3-2-4-7-13/h2-10,17,25H,11-12H2,1H3,(H,22,23). The number of aliphatic hydroxyl groups is 1. The molecule has 0 saturated carbocycles. The fourth-order valence-corrected chi connectivity index (χ4v) is 2.74. The minimum atomic E-state index is -1.25. The highest BCUT2D eigenvalue weighted by Gasteiger charge is 2.19. The summed E-state index contributed by atoms with van der Waals surface area (Å²) in [6.07, 6.45) is 0.487. The first-order valence-corrected chi connectivity index (χ1v) is 7.94. The van der Waals surface area contributed by atoms with Crippen molar-refractivity contribution in [3.63, 3.8) is 0 Å². The van der Waals surface area contributed by atoms with Crippen LogP contribution in [0.4, 0.5) is 8.78 Å². The van der Waals surface area contributed by atoms with Gasteiger partial charge in [0.15, 0.2) is 0 Å². The zero-order chi connectivity index (χ0) is 17.8. The number of nitrogens with one attached hydrogen (secondary N) is 1. The molecule has 3 aromatic rings. The van der Waals surface area contributed by atoms with Gasteiger partial charge in [-0.15, -0.1) is 0 Å². The number of aliphatic hydroxyl groups excluding tert-OH is 1. The molecule has 1 heterocycles. The molecule has 2 N–H and O–H groups in total. The maximum absolute atomic E-state index is 13.7. The molecule has 0 saturated heterocycles. The van der Waals surface area contributed by atoms with Crippen molar-refractivity contribution >= 4 is 0 Å². The molecule has 0 amide bonds. The molecule has 0 spiro atoms. The van der Waals surface area contributed by atoms with Crippen LogP contribution < -0.4 is 0 Å². The monoisotopic (exact) mass is 343 g/mol. The molecule has 0 aliphatic rings. The number of aromatic amines is 1. The normalized spacial score (nSPS) is 12.5. The van der Waals surface area contributed by atoms with Gasteiger partial charge in [-0.25, -0.2) is 13.8 Å². The van der Waals surface area contributed by atoms with Gasteiger partial charge in [0.1, 0.15) is 17.5 Å². The quantitative estimate of drug-likeness (QED) is 0.720. The lowest BCUT2D eigenvalue weighted by Gasteiger charge is -2.20. The van der Waals surface area contributed by atoms with Crippen molar-refractivity contribution in [2.75, 3.05) is 13.6 Å². The van der Waals surface area contributed by atoms with Gasteiger partial charge in [-0.3, -0.25) is 4.90 Å². The summed E-state index contributed by atoms with van der Waals surface area (Å²) in [7, 11) is 1.76. The molecule has 0 aliphatic heterocycles. The number of likely N-dealkylation sites (N-methyl/N-ethyl adjacent to an activating group) is 1. The summed E-state index contributed by atoms with van der Waals surface area (Å²) in [6.45, 7) is 0.499. The highest BCUT2D eigenvalue weighted by atomic mass is 19.1. The molecule has 0 fully saturated rings. The number of hydrogen-bond donors (Lipinski definition) is 2. The number of imidazole rings is 1. The van der Waals surface area contributed by atoms with Crippen LogP contribution >= 0.6 is 0 Å². The summed E-state index contributed by atoms with van der Waals surface area (Å²) >= 11 is 0. The highest BCUT2D eigenvalue weighted by molar-refractivity contribution is 5.57.